The van der Waals surface area contributed by atoms with E-state index in [1.54, 1.807) is 6.07 Å². The van der Waals surface area contributed by atoms with Crippen molar-refractivity contribution in [1.82, 2.24) is 10.6 Å². The Kier molecular flexibility index (Phi) is 6.62. The van der Waals surface area contributed by atoms with E-state index in [1.165, 1.54) is 19.2 Å². The molecule has 0 aliphatic heterocycles. The molecule has 25 heavy (non-hydrogen) atoms. The number of carbonyl (C=O) groups excluding carboxylic acids is 1. The number of benzene rings is 2. The zero-order valence-corrected chi connectivity index (χ0v) is 14.6. The highest BCUT2D eigenvalue weighted by molar-refractivity contribution is 5.74. The summed E-state index contributed by atoms with van der Waals surface area (Å²) in [6, 6.07) is 11.7. The van der Waals surface area contributed by atoms with Crippen LogP contribution in [0.25, 0.3) is 0 Å². The number of nitrogens with one attached hydrogen (secondary N) is 2. The Morgan fingerprint density at radius 2 is 1.92 bits per heavy atom. The lowest BCUT2D eigenvalue weighted by atomic mass is 10.1. The molecule has 2 N–H and O–H groups in total. The van der Waals surface area contributed by atoms with E-state index in [2.05, 4.69) is 10.6 Å². The molecule has 1 atom stereocenters. The van der Waals surface area contributed by atoms with Crippen LogP contribution in [0.1, 0.15) is 31.0 Å². The number of methoxy groups -OCH3 is 1. The number of urea groups is 1. The molecule has 0 saturated carbocycles. The predicted octanol–water partition coefficient (Wildman–Crippen LogP) is 3.79. The Hall–Kier alpha value is -2.76. The Morgan fingerprint density at radius 1 is 1.20 bits per heavy atom. The van der Waals surface area contributed by atoms with Gasteiger partial charge >= 0.3 is 6.03 Å². The number of hydrogen-bond acceptors (Lipinski definition) is 3. The molecule has 0 radical (unpaired) electrons. The summed E-state index contributed by atoms with van der Waals surface area (Å²) in [4.78, 5) is 12.0. The Morgan fingerprint density at radius 3 is 2.52 bits per heavy atom. The summed E-state index contributed by atoms with van der Waals surface area (Å²) >= 11 is 0. The van der Waals surface area contributed by atoms with Crippen LogP contribution in [0.4, 0.5) is 9.18 Å². The molecule has 0 bridgehead atoms. The van der Waals surface area contributed by atoms with Gasteiger partial charge < -0.3 is 20.1 Å². The number of ether oxygens (including phenoxy) is 2. The molecule has 0 aliphatic carbocycles. The molecule has 0 heterocycles. The highest BCUT2D eigenvalue weighted by atomic mass is 19.1. The highest BCUT2D eigenvalue weighted by Crippen LogP contribution is 2.18. The molecule has 2 aromatic rings. The van der Waals surface area contributed by atoms with Crippen LogP contribution in [0, 0.1) is 5.82 Å². The van der Waals surface area contributed by atoms with Gasteiger partial charge in [0.05, 0.1) is 19.8 Å². The van der Waals surface area contributed by atoms with Crippen molar-refractivity contribution < 1.29 is 18.7 Å². The lowest BCUT2D eigenvalue weighted by molar-refractivity contribution is 0.237. The van der Waals surface area contributed by atoms with Crippen molar-refractivity contribution in [3.8, 4) is 11.5 Å². The molecule has 2 amide bonds. The fourth-order valence-corrected chi connectivity index (χ4v) is 2.35. The van der Waals surface area contributed by atoms with Gasteiger partial charge in [-0.1, -0.05) is 18.2 Å². The molecule has 2 aromatic carbocycles. The van der Waals surface area contributed by atoms with Crippen LogP contribution < -0.4 is 20.1 Å². The molecule has 134 valence electrons. The van der Waals surface area contributed by atoms with Gasteiger partial charge in [-0.05, 0) is 49.2 Å². The summed E-state index contributed by atoms with van der Waals surface area (Å²) in [5.74, 6) is 0.520. The van der Waals surface area contributed by atoms with Gasteiger partial charge in [-0.2, -0.15) is 0 Å². The molecule has 5 nitrogen and oxygen atoms in total. The summed E-state index contributed by atoms with van der Waals surface area (Å²) in [7, 11) is 1.41. The van der Waals surface area contributed by atoms with E-state index >= 15 is 0 Å². The molecule has 0 fully saturated rings. The van der Waals surface area contributed by atoms with Crippen LogP contribution in [0.5, 0.6) is 11.5 Å². The van der Waals surface area contributed by atoms with Crippen molar-refractivity contribution in [2.75, 3.05) is 13.7 Å². The second-order valence-corrected chi connectivity index (χ2v) is 5.52. The average Bonchev–Trinajstić information content (AvgIpc) is 2.61. The molecule has 0 spiro atoms. The minimum atomic E-state index is -0.454. The lowest BCUT2D eigenvalue weighted by Crippen LogP contribution is -2.36. The molecule has 0 saturated heterocycles. The average molecular weight is 346 g/mol. The normalized spacial score (nSPS) is 11.5. The number of rotatable bonds is 7. The number of halogens is 1. The summed E-state index contributed by atoms with van der Waals surface area (Å²) in [5.41, 5.74) is 1.62. The molecular formula is C19H23FN2O3. The largest absolute Gasteiger partial charge is 0.494 e. The topological polar surface area (TPSA) is 59.6 Å². The van der Waals surface area contributed by atoms with E-state index in [-0.39, 0.29) is 24.4 Å². The molecular weight excluding hydrogens is 323 g/mol. The van der Waals surface area contributed by atoms with Gasteiger partial charge in [0.15, 0.2) is 11.6 Å². The molecule has 0 aliphatic rings. The maximum absolute atomic E-state index is 13.6. The van der Waals surface area contributed by atoms with Gasteiger partial charge in [0.2, 0.25) is 0 Å². The van der Waals surface area contributed by atoms with Crippen molar-refractivity contribution in [1.29, 1.82) is 0 Å². The van der Waals surface area contributed by atoms with Gasteiger partial charge in [-0.15, -0.1) is 0 Å². The predicted molar refractivity (Wildman–Crippen MR) is 94.3 cm³/mol. The van der Waals surface area contributed by atoms with Crippen molar-refractivity contribution in [3.05, 3.63) is 59.4 Å². The first-order valence-electron chi connectivity index (χ1n) is 8.13. The van der Waals surface area contributed by atoms with E-state index < -0.39 is 5.82 Å². The maximum Gasteiger partial charge on any atom is 0.315 e. The maximum atomic E-state index is 13.6. The summed E-state index contributed by atoms with van der Waals surface area (Å²) < 4.78 is 23.9. The standard InChI is InChI=1S/C19H23FN2O3/c1-4-25-16-8-6-15(7-9-16)13(2)22-19(23)21-12-14-5-10-18(24-3)17(20)11-14/h5-11,13H,4,12H2,1-3H3,(H2,21,22,23). The van der Waals surface area contributed by atoms with Gasteiger partial charge in [-0.3, -0.25) is 0 Å². The molecule has 0 aromatic heterocycles. The van der Waals surface area contributed by atoms with E-state index in [0.717, 1.165) is 11.3 Å². The molecule has 2 rings (SSSR count). The van der Waals surface area contributed by atoms with Crippen LogP contribution in [-0.2, 0) is 6.54 Å². The van der Waals surface area contributed by atoms with Crippen LogP contribution in [-0.4, -0.2) is 19.7 Å². The van der Waals surface area contributed by atoms with Gasteiger partial charge in [-0.25, -0.2) is 9.18 Å². The van der Waals surface area contributed by atoms with Gasteiger partial charge in [0.1, 0.15) is 5.75 Å². The smallest absolute Gasteiger partial charge is 0.315 e. The summed E-state index contributed by atoms with van der Waals surface area (Å²) in [5, 5.41) is 5.56. The monoisotopic (exact) mass is 346 g/mol. The third-order valence-electron chi connectivity index (χ3n) is 3.71. The highest BCUT2D eigenvalue weighted by Gasteiger charge is 2.10. The second kappa shape index (κ2) is 8.92. The molecule has 6 heteroatoms. The first kappa shape index (κ1) is 18.6. The molecule has 1 unspecified atom stereocenters. The first-order valence-corrected chi connectivity index (χ1v) is 8.13. The Bertz CT molecular complexity index is 704. The minimum absolute atomic E-state index is 0.164. The quantitative estimate of drug-likeness (QED) is 0.802. The van der Waals surface area contributed by atoms with Crippen LogP contribution in [0.2, 0.25) is 0 Å². The van der Waals surface area contributed by atoms with Crippen molar-refractivity contribution in [2.24, 2.45) is 0 Å². The third kappa shape index (κ3) is 5.38. The van der Waals surface area contributed by atoms with Crippen molar-refractivity contribution in [3.63, 3.8) is 0 Å². The Balaban J connectivity index is 1.85. The van der Waals surface area contributed by atoms with Crippen molar-refractivity contribution >= 4 is 6.03 Å². The zero-order valence-electron chi connectivity index (χ0n) is 14.6. The van der Waals surface area contributed by atoms with E-state index in [0.29, 0.717) is 12.2 Å². The van der Waals surface area contributed by atoms with E-state index in [1.807, 2.05) is 38.1 Å². The number of hydrogen-bond donors (Lipinski definition) is 2. The van der Waals surface area contributed by atoms with Crippen molar-refractivity contribution in [2.45, 2.75) is 26.4 Å². The lowest BCUT2D eigenvalue weighted by Gasteiger charge is -2.16. The Labute approximate surface area is 147 Å². The third-order valence-corrected chi connectivity index (χ3v) is 3.71. The van der Waals surface area contributed by atoms with Crippen LogP contribution in [0.15, 0.2) is 42.5 Å². The van der Waals surface area contributed by atoms with Gasteiger partial charge in [0, 0.05) is 6.54 Å². The fourth-order valence-electron chi connectivity index (χ4n) is 2.35. The van der Waals surface area contributed by atoms with E-state index in [4.69, 9.17) is 9.47 Å². The fraction of sp³-hybridized carbons (Fsp3) is 0.316. The van der Waals surface area contributed by atoms with Crippen LogP contribution in [0.3, 0.4) is 0 Å². The number of carbonyl (C=O) groups is 1. The summed E-state index contributed by atoms with van der Waals surface area (Å²) in [6.45, 7) is 4.66. The second-order valence-electron chi connectivity index (χ2n) is 5.52. The summed E-state index contributed by atoms with van der Waals surface area (Å²) in [6.07, 6.45) is 0. The minimum Gasteiger partial charge on any atom is -0.494 e. The van der Waals surface area contributed by atoms with Gasteiger partial charge in [0.25, 0.3) is 0 Å². The van der Waals surface area contributed by atoms with E-state index in [9.17, 15) is 9.18 Å². The zero-order chi connectivity index (χ0) is 18.2. The SMILES string of the molecule is CCOc1ccc(C(C)NC(=O)NCc2ccc(OC)c(F)c2)cc1. The van der Waals surface area contributed by atoms with Crippen LogP contribution >= 0.6 is 0 Å². The first-order chi connectivity index (χ1) is 12.0. The number of amides is 2.